The second kappa shape index (κ2) is 5.39. The highest BCUT2D eigenvalue weighted by molar-refractivity contribution is 9.11. The molecule has 0 fully saturated rings. The monoisotopic (exact) mass is 337 g/mol. The van der Waals surface area contributed by atoms with Crippen molar-refractivity contribution in [3.8, 4) is 0 Å². The molecule has 0 radical (unpaired) electrons. The van der Waals surface area contributed by atoms with Crippen molar-refractivity contribution in [3.63, 3.8) is 0 Å². The van der Waals surface area contributed by atoms with Crippen LogP contribution < -0.4 is 5.73 Å². The number of thiophene rings is 1. The average molecular weight is 338 g/mol. The minimum atomic E-state index is -0.0574. The number of benzene rings is 1. The van der Waals surface area contributed by atoms with E-state index in [0.717, 1.165) is 3.79 Å². The van der Waals surface area contributed by atoms with Crippen molar-refractivity contribution in [2.45, 2.75) is 39.2 Å². The minimum Gasteiger partial charge on any atom is -0.320 e. The Hall–Kier alpha value is -0.640. The van der Waals surface area contributed by atoms with Crippen LogP contribution in [-0.2, 0) is 5.41 Å². The van der Waals surface area contributed by atoms with Gasteiger partial charge in [-0.25, -0.2) is 0 Å². The van der Waals surface area contributed by atoms with Gasteiger partial charge in [0.05, 0.1) is 9.83 Å². The van der Waals surface area contributed by atoms with E-state index in [-0.39, 0.29) is 11.5 Å². The van der Waals surface area contributed by atoms with Crippen LogP contribution in [0.3, 0.4) is 0 Å². The fourth-order valence-electron chi connectivity index (χ4n) is 2.39. The Morgan fingerprint density at radius 3 is 2.32 bits per heavy atom. The second-order valence-corrected chi connectivity index (χ2v) is 8.51. The van der Waals surface area contributed by atoms with Crippen molar-refractivity contribution in [2.24, 2.45) is 5.73 Å². The molecular formula is C16H20BrNS. The van der Waals surface area contributed by atoms with Crippen LogP contribution in [0.2, 0.25) is 0 Å². The van der Waals surface area contributed by atoms with Gasteiger partial charge in [-0.1, -0.05) is 45.0 Å². The lowest BCUT2D eigenvalue weighted by Gasteiger charge is -2.26. The third-order valence-electron chi connectivity index (χ3n) is 3.37. The molecule has 0 spiro atoms. The summed E-state index contributed by atoms with van der Waals surface area (Å²) >= 11 is 5.29. The molecule has 0 aliphatic carbocycles. The topological polar surface area (TPSA) is 26.0 Å². The molecular weight excluding hydrogens is 318 g/mol. The van der Waals surface area contributed by atoms with E-state index in [1.165, 1.54) is 21.6 Å². The van der Waals surface area contributed by atoms with E-state index in [1.54, 1.807) is 11.3 Å². The lowest BCUT2D eigenvalue weighted by atomic mass is 9.81. The van der Waals surface area contributed by atoms with Crippen LogP contribution in [-0.4, -0.2) is 0 Å². The van der Waals surface area contributed by atoms with E-state index in [0.29, 0.717) is 0 Å². The maximum absolute atomic E-state index is 6.51. The molecule has 0 saturated carbocycles. The summed E-state index contributed by atoms with van der Waals surface area (Å²) in [6.45, 7) is 8.82. The van der Waals surface area contributed by atoms with E-state index >= 15 is 0 Å². The van der Waals surface area contributed by atoms with Gasteiger partial charge in [-0.05, 0) is 51.0 Å². The summed E-state index contributed by atoms with van der Waals surface area (Å²) in [7, 11) is 0. The lowest BCUT2D eigenvalue weighted by Crippen LogP contribution is -2.20. The zero-order valence-electron chi connectivity index (χ0n) is 11.8. The van der Waals surface area contributed by atoms with Crippen molar-refractivity contribution in [1.29, 1.82) is 0 Å². The van der Waals surface area contributed by atoms with Crippen molar-refractivity contribution in [2.75, 3.05) is 0 Å². The van der Waals surface area contributed by atoms with Crippen LogP contribution in [0, 0.1) is 6.92 Å². The number of aryl methyl sites for hydroxylation is 1. The first-order chi connectivity index (χ1) is 8.80. The second-order valence-electron chi connectivity index (χ2n) is 5.88. The van der Waals surface area contributed by atoms with Crippen molar-refractivity contribution in [3.05, 3.63) is 55.7 Å². The standard InChI is InChI=1S/C16H20BrNS/c1-10-12(9-14(17)19-10)15(18)11-7-5-6-8-13(11)16(2,3)4/h5-9,15H,18H2,1-4H3. The first-order valence-electron chi connectivity index (χ1n) is 6.41. The number of rotatable bonds is 2. The molecule has 3 heteroatoms. The maximum Gasteiger partial charge on any atom is 0.0704 e. The minimum absolute atomic E-state index is 0.0574. The summed E-state index contributed by atoms with van der Waals surface area (Å²) in [6, 6.07) is 10.6. The SMILES string of the molecule is Cc1sc(Br)cc1C(N)c1ccccc1C(C)(C)C. The van der Waals surface area contributed by atoms with Crippen LogP contribution >= 0.6 is 27.3 Å². The van der Waals surface area contributed by atoms with E-state index < -0.39 is 0 Å². The molecule has 0 saturated heterocycles. The summed E-state index contributed by atoms with van der Waals surface area (Å²) in [5.41, 5.74) is 10.4. The van der Waals surface area contributed by atoms with E-state index in [4.69, 9.17) is 5.73 Å². The van der Waals surface area contributed by atoms with Crippen LogP contribution in [0.15, 0.2) is 34.1 Å². The smallest absolute Gasteiger partial charge is 0.0704 e. The summed E-state index contributed by atoms with van der Waals surface area (Å²) < 4.78 is 1.14. The Kier molecular flexibility index (Phi) is 4.19. The third kappa shape index (κ3) is 3.10. The van der Waals surface area contributed by atoms with Crippen LogP contribution in [0.1, 0.15) is 48.4 Å². The number of hydrogen-bond donors (Lipinski definition) is 1. The molecule has 2 N–H and O–H groups in total. The molecule has 1 aromatic carbocycles. The molecule has 1 atom stereocenters. The Morgan fingerprint density at radius 1 is 1.16 bits per heavy atom. The highest BCUT2D eigenvalue weighted by Crippen LogP contribution is 2.36. The van der Waals surface area contributed by atoms with E-state index in [1.807, 2.05) is 0 Å². The summed E-state index contributed by atoms with van der Waals surface area (Å²) in [4.78, 5) is 1.28. The van der Waals surface area contributed by atoms with Crippen LogP contribution in [0.4, 0.5) is 0 Å². The van der Waals surface area contributed by atoms with Crippen molar-refractivity contribution in [1.82, 2.24) is 0 Å². The number of halogens is 1. The van der Waals surface area contributed by atoms with Gasteiger partial charge in [0, 0.05) is 4.88 Å². The molecule has 19 heavy (non-hydrogen) atoms. The van der Waals surface area contributed by atoms with Crippen molar-refractivity contribution >= 4 is 27.3 Å². The van der Waals surface area contributed by atoms with Gasteiger partial charge in [0.1, 0.15) is 0 Å². The molecule has 2 rings (SSSR count). The predicted octanol–water partition coefficient (Wildman–Crippen LogP) is 5.16. The molecule has 0 bridgehead atoms. The zero-order valence-corrected chi connectivity index (χ0v) is 14.2. The summed E-state index contributed by atoms with van der Waals surface area (Å²) in [6.07, 6.45) is 0. The first kappa shape index (κ1) is 14.8. The average Bonchev–Trinajstić information content (AvgIpc) is 2.66. The predicted molar refractivity (Wildman–Crippen MR) is 87.9 cm³/mol. The highest BCUT2D eigenvalue weighted by atomic mass is 79.9. The Labute approximate surface area is 128 Å². The molecule has 1 aromatic heterocycles. The first-order valence-corrected chi connectivity index (χ1v) is 8.02. The molecule has 1 nitrogen and oxygen atoms in total. The van der Waals surface area contributed by atoms with Gasteiger partial charge in [-0.3, -0.25) is 0 Å². The lowest BCUT2D eigenvalue weighted by molar-refractivity contribution is 0.577. The highest BCUT2D eigenvalue weighted by Gasteiger charge is 2.23. The Balaban J connectivity index is 2.50. The molecule has 1 heterocycles. The molecule has 0 aliphatic heterocycles. The molecule has 0 aliphatic rings. The van der Waals surface area contributed by atoms with Gasteiger partial charge < -0.3 is 5.73 Å². The van der Waals surface area contributed by atoms with Crippen molar-refractivity contribution < 1.29 is 0 Å². The number of hydrogen-bond acceptors (Lipinski definition) is 2. The van der Waals surface area contributed by atoms with Gasteiger partial charge in [0.2, 0.25) is 0 Å². The van der Waals surface area contributed by atoms with E-state index in [9.17, 15) is 0 Å². The van der Waals surface area contributed by atoms with Gasteiger partial charge in [0.15, 0.2) is 0 Å². The molecule has 2 aromatic rings. The van der Waals surface area contributed by atoms with Gasteiger partial charge in [-0.2, -0.15) is 0 Å². The Morgan fingerprint density at radius 2 is 1.79 bits per heavy atom. The van der Waals surface area contributed by atoms with E-state index in [2.05, 4.69) is 74.0 Å². The molecule has 102 valence electrons. The summed E-state index contributed by atoms with van der Waals surface area (Å²) in [5, 5.41) is 0. The quantitative estimate of drug-likeness (QED) is 0.804. The fraction of sp³-hybridized carbons (Fsp3) is 0.375. The maximum atomic E-state index is 6.51. The van der Waals surface area contributed by atoms with Gasteiger partial charge in [0.25, 0.3) is 0 Å². The molecule has 0 amide bonds. The molecule has 1 unspecified atom stereocenters. The van der Waals surface area contributed by atoms with Crippen LogP contribution in [0.25, 0.3) is 0 Å². The van der Waals surface area contributed by atoms with Crippen LogP contribution in [0.5, 0.6) is 0 Å². The van der Waals surface area contributed by atoms with Gasteiger partial charge >= 0.3 is 0 Å². The Bertz CT molecular complexity index is 581. The summed E-state index contributed by atoms with van der Waals surface area (Å²) in [5.74, 6) is 0. The normalized spacial score (nSPS) is 13.6. The zero-order chi connectivity index (χ0) is 14.2. The third-order valence-corrected chi connectivity index (χ3v) is 4.93. The fourth-order valence-corrected chi connectivity index (χ4v) is 4.14. The number of nitrogens with two attached hydrogens (primary N) is 1. The van der Waals surface area contributed by atoms with Gasteiger partial charge in [-0.15, -0.1) is 11.3 Å². The largest absolute Gasteiger partial charge is 0.320 e.